The van der Waals surface area contributed by atoms with Gasteiger partial charge in [0.15, 0.2) is 5.60 Å². The molecular weight excluding hydrogens is 354 g/mol. The molecule has 1 N–H and O–H groups in total. The molecule has 146 valence electrons. The Morgan fingerprint density at radius 3 is 2.42 bits per heavy atom. The van der Waals surface area contributed by atoms with Gasteiger partial charge in [-0.3, -0.25) is 0 Å². The molecule has 26 heavy (non-hydrogen) atoms. The number of ether oxygens (including phenoxy) is 2. The van der Waals surface area contributed by atoms with E-state index in [1.54, 1.807) is 0 Å². The molecule has 1 saturated heterocycles. The summed E-state index contributed by atoms with van der Waals surface area (Å²) in [6, 6.07) is 9.28. The first-order chi connectivity index (χ1) is 12.0. The van der Waals surface area contributed by atoms with Crippen molar-refractivity contribution in [1.29, 1.82) is 0 Å². The molecule has 6 heteroatoms. The minimum absolute atomic E-state index is 0. The fourth-order valence-corrected chi connectivity index (χ4v) is 4.08. The van der Waals surface area contributed by atoms with Crippen LogP contribution in [-0.4, -0.2) is 55.4 Å². The number of hydrogen-bond donors (Lipinski definition) is 1. The molecule has 1 aliphatic heterocycles. The van der Waals surface area contributed by atoms with E-state index in [1.807, 2.05) is 49.3 Å². The first kappa shape index (κ1) is 21.2. The monoisotopic (exact) mass is 383 g/mol. The van der Waals surface area contributed by atoms with E-state index in [2.05, 4.69) is 0 Å². The number of likely N-dealkylation sites (N-methyl/N-ethyl adjacent to an activating group) is 1. The zero-order valence-corrected chi connectivity index (χ0v) is 16.4. The van der Waals surface area contributed by atoms with Gasteiger partial charge in [-0.25, -0.2) is 4.79 Å². The molecule has 1 aliphatic carbocycles. The molecule has 0 amide bonds. The highest BCUT2D eigenvalue weighted by Crippen LogP contribution is 2.40. The molecule has 3 atom stereocenters. The normalized spacial score (nSPS) is 26.2. The predicted octanol–water partition coefficient (Wildman–Crippen LogP) is 2.75. The van der Waals surface area contributed by atoms with Gasteiger partial charge in [0.25, 0.3) is 0 Å². The van der Waals surface area contributed by atoms with E-state index in [-0.39, 0.29) is 30.5 Å². The molecule has 1 aromatic rings. The van der Waals surface area contributed by atoms with Crippen LogP contribution < -0.4 is 0 Å². The van der Waals surface area contributed by atoms with Gasteiger partial charge >= 0.3 is 5.97 Å². The fourth-order valence-electron chi connectivity index (χ4n) is 4.08. The molecule has 1 heterocycles. The molecule has 2 fully saturated rings. The summed E-state index contributed by atoms with van der Waals surface area (Å²) in [5.41, 5.74) is -0.951. The maximum absolute atomic E-state index is 13.1. The number of aliphatic hydroxyl groups is 1. The molecule has 0 radical (unpaired) electrons. The summed E-state index contributed by atoms with van der Waals surface area (Å²) in [5, 5.41) is 11.5. The third-order valence-corrected chi connectivity index (χ3v) is 5.64. The molecule has 5 nitrogen and oxygen atoms in total. The first-order valence-corrected chi connectivity index (χ1v) is 9.26. The molecular formula is C20H30ClNO4. The number of hydrogen-bond acceptors (Lipinski definition) is 5. The van der Waals surface area contributed by atoms with Crippen LogP contribution in [-0.2, 0) is 19.9 Å². The molecule has 3 unspecified atom stereocenters. The van der Waals surface area contributed by atoms with Crippen molar-refractivity contribution < 1.29 is 19.4 Å². The van der Waals surface area contributed by atoms with Gasteiger partial charge in [-0.05, 0) is 32.5 Å². The maximum atomic E-state index is 13.1. The van der Waals surface area contributed by atoms with Crippen LogP contribution in [0.3, 0.4) is 0 Å². The van der Waals surface area contributed by atoms with E-state index < -0.39 is 11.6 Å². The Morgan fingerprint density at radius 1 is 1.15 bits per heavy atom. The standard InChI is InChI=1S/C20H29NO4.ClH/c1-21(2)17-13-24-14-18(17)25-19(22)20(23,15-9-5-3-6-10-15)16-11-7-4-8-12-16;/h3,5-6,9-10,16-18,23H,4,7-8,11-14H2,1-2H3;1H. The number of halogens is 1. The van der Waals surface area contributed by atoms with Crippen molar-refractivity contribution in [2.75, 3.05) is 27.3 Å². The van der Waals surface area contributed by atoms with E-state index in [0.29, 0.717) is 18.8 Å². The highest BCUT2D eigenvalue weighted by Gasteiger charge is 2.49. The Morgan fingerprint density at radius 2 is 1.81 bits per heavy atom. The van der Waals surface area contributed by atoms with Crippen LogP contribution in [0.15, 0.2) is 30.3 Å². The van der Waals surface area contributed by atoms with E-state index >= 15 is 0 Å². The topological polar surface area (TPSA) is 59.0 Å². The summed E-state index contributed by atoms with van der Waals surface area (Å²) in [6.45, 7) is 0.919. The smallest absolute Gasteiger partial charge is 0.343 e. The van der Waals surface area contributed by atoms with Crippen molar-refractivity contribution >= 4 is 18.4 Å². The second kappa shape index (κ2) is 9.18. The third kappa shape index (κ3) is 4.22. The van der Waals surface area contributed by atoms with Crippen molar-refractivity contribution in [1.82, 2.24) is 4.90 Å². The van der Waals surface area contributed by atoms with E-state index in [0.717, 1.165) is 32.1 Å². The van der Waals surface area contributed by atoms with Crippen LogP contribution in [0.25, 0.3) is 0 Å². The Kier molecular flexibility index (Phi) is 7.47. The second-order valence-corrected chi connectivity index (χ2v) is 7.48. The van der Waals surface area contributed by atoms with E-state index in [9.17, 15) is 9.90 Å². The van der Waals surface area contributed by atoms with Crippen molar-refractivity contribution in [3.63, 3.8) is 0 Å². The van der Waals surface area contributed by atoms with Gasteiger partial charge in [-0.1, -0.05) is 49.6 Å². The second-order valence-electron chi connectivity index (χ2n) is 7.48. The number of esters is 1. The van der Waals surface area contributed by atoms with Crippen LogP contribution in [0.4, 0.5) is 0 Å². The highest BCUT2D eigenvalue weighted by molar-refractivity contribution is 5.85. The lowest BCUT2D eigenvalue weighted by molar-refractivity contribution is -0.182. The highest BCUT2D eigenvalue weighted by atomic mass is 35.5. The molecule has 0 spiro atoms. The van der Waals surface area contributed by atoms with Gasteiger partial charge in [0.1, 0.15) is 6.10 Å². The summed E-state index contributed by atoms with van der Waals surface area (Å²) in [5.74, 6) is -0.635. The van der Waals surface area contributed by atoms with Gasteiger partial charge in [0.05, 0.1) is 19.3 Å². The number of rotatable bonds is 5. The zero-order chi connectivity index (χ0) is 17.9. The van der Waals surface area contributed by atoms with Gasteiger partial charge in [-0.15, -0.1) is 12.4 Å². The van der Waals surface area contributed by atoms with Crippen LogP contribution in [0.2, 0.25) is 0 Å². The molecule has 1 saturated carbocycles. The quantitative estimate of drug-likeness (QED) is 0.792. The van der Waals surface area contributed by atoms with Crippen molar-refractivity contribution in [3.8, 4) is 0 Å². The summed E-state index contributed by atoms with van der Waals surface area (Å²) in [4.78, 5) is 15.1. The van der Waals surface area contributed by atoms with Crippen molar-refractivity contribution in [3.05, 3.63) is 35.9 Å². The average molecular weight is 384 g/mol. The maximum Gasteiger partial charge on any atom is 0.343 e. The molecule has 0 aromatic heterocycles. The Hall–Kier alpha value is -1.14. The van der Waals surface area contributed by atoms with Gasteiger partial charge < -0.3 is 19.5 Å². The lowest BCUT2D eigenvalue weighted by Gasteiger charge is -2.38. The minimum Gasteiger partial charge on any atom is -0.456 e. The summed E-state index contributed by atoms with van der Waals surface area (Å²) < 4.78 is 11.3. The zero-order valence-electron chi connectivity index (χ0n) is 15.6. The molecule has 3 rings (SSSR count). The van der Waals surface area contributed by atoms with Crippen LogP contribution in [0.1, 0.15) is 37.7 Å². The summed E-state index contributed by atoms with van der Waals surface area (Å²) >= 11 is 0. The Bertz CT molecular complexity index is 576. The minimum atomic E-state index is -1.58. The van der Waals surface area contributed by atoms with Crippen LogP contribution in [0.5, 0.6) is 0 Å². The van der Waals surface area contributed by atoms with Gasteiger partial charge in [0, 0.05) is 5.92 Å². The Balaban J connectivity index is 0.00000243. The number of carbonyl (C=O) groups excluding carboxylic acids is 1. The lowest BCUT2D eigenvalue weighted by atomic mass is 9.73. The number of benzene rings is 1. The lowest BCUT2D eigenvalue weighted by Crippen LogP contribution is -2.49. The van der Waals surface area contributed by atoms with Crippen molar-refractivity contribution in [2.45, 2.75) is 49.9 Å². The summed E-state index contributed by atoms with van der Waals surface area (Å²) in [7, 11) is 3.90. The Labute approximate surface area is 162 Å². The van der Waals surface area contributed by atoms with E-state index in [1.165, 1.54) is 0 Å². The average Bonchev–Trinajstić information content (AvgIpc) is 3.11. The molecule has 1 aromatic carbocycles. The number of nitrogens with zero attached hydrogens (tertiary/aromatic N) is 1. The molecule has 2 aliphatic rings. The van der Waals surface area contributed by atoms with Crippen LogP contribution >= 0.6 is 12.4 Å². The first-order valence-electron chi connectivity index (χ1n) is 9.26. The number of carbonyl (C=O) groups is 1. The largest absolute Gasteiger partial charge is 0.456 e. The van der Waals surface area contributed by atoms with Crippen molar-refractivity contribution in [2.24, 2.45) is 5.92 Å². The van der Waals surface area contributed by atoms with Gasteiger partial charge in [-0.2, -0.15) is 0 Å². The fraction of sp³-hybridized carbons (Fsp3) is 0.650. The van der Waals surface area contributed by atoms with Gasteiger partial charge in [0.2, 0.25) is 0 Å². The SMILES string of the molecule is CN(C)C1COCC1OC(=O)C(O)(c1ccccc1)C1CCCCC1.Cl. The van der Waals surface area contributed by atoms with Crippen LogP contribution in [0, 0.1) is 5.92 Å². The predicted molar refractivity (Wildman–Crippen MR) is 102 cm³/mol. The third-order valence-electron chi connectivity index (χ3n) is 5.64. The molecule has 0 bridgehead atoms. The summed E-state index contributed by atoms with van der Waals surface area (Å²) in [6.07, 6.45) is 4.59. The van der Waals surface area contributed by atoms with E-state index in [4.69, 9.17) is 9.47 Å².